The predicted octanol–water partition coefficient (Wildman–Crippen LogP) is 10.2. The lowest BCUT2D eigenvalue weighted by molar-refractivity contribution is 1.08. The molecule has 12 nitrogen and oxygen atoms in total. The van der Waals surface area contributed by atoms with Gasteiger partial charge in [-0.3, -0.25) is 9.97 Å². The quantitative estimate of drug-likeness (QED) is 0.134. The lowest BCUT2D eigenvalue weighted by atomic mass is 10.1. The molecule has 0 saturated carbocycles. The minimum Gasteiger partial charge on any atom is -0.255 e. The number of hydrogen-bond acceptors (Lipinski definition) is 14. The molecule has 0 fully saturated rings. The van der Waals surface area contributed by atoms with Gasteiger partial charge in [0.2, 0.25) is 0 Å². The van der Waals surface area contributed by atoms with Crippen molar-refractivity contribution in [2.75, 3.05) is 0 Å². The minimum absolute atomic E-state index is 0.691. The third kappa shape index (κ3) is 6.81. The van der Waals surface area contributed by atoms with Crippen molar-refractivity contribution in [2.45, 2.75) is 0 Å². The average Bonchev–Trinajstić information content (AvgIpc) is 4.04. The Labute approximate surface area is 349 Å². The van der Waals surface area contributed by atoms with Crippen LogP contribution in [0.3, 0.4) is 0 Å². The van der Waals surface area contributed by atoms with Crippen molar-refractivity contribution in [3.8, 4) is 88.4 Å². The van der Waals surface area contributed by atoms with Crippen LogP contribution >= 0.6 is 22.7 Å². The summed E-state index contributed by atoms with van der Waals surface area (Å²) in [5.41, 5.74) is 10.7. The Balaban J connectivity index is 0.832. The lowest BCUT2D eigenvalue weighted by Gasteiger charge is -2.06. The molecule has 0 atom stereocenters. The Morgan fingerprint density at radius 3 is 0.933 bits per heavy atom. The molecule has 282 valence electrons. The van der Waals surface area contributed by atoms with E-state index >= 15 is 0 Å². The average molecular weight is 811 g/mol. The standard InChI is InChI=1S/C46H26N12S2/c1-3-25-47-31(9-1)33-11-5-13-35(51-33)37-15-7-17-39(53-37)43-55-57-45(59-43)41-21-19-27-28-20-22-42(50-30(28)24-23-29(27)49-41)46-58-56-44(60-46)40-18-8-16-38(54-40)36-14-6-12-34(52-36)32-10-2-4-26-48-32/h1-26H. The van der Waals surface area contributed by atoms with Gasteiger partial charge >= 0.3 is 0 Å². The molecule has 0 unspecified atom stereocenters. The lowest BCUT2D eigenvalue weighted by Crippen LogP contribution is -1.92. The Kier molecular flexibility index (Phi) is 8.87. The van der Waals surface area contributed by atoms with Crippen LogP contribution in [0.2, 0.25) is 0 Å². The summed E-state index contributed by atoms with van der Waals surface area (Å²) in [5.74, 6) is 0. The zero-order valence-corrected chi connectivity index (χ0v) is 32.8. The largest absolute Gasteiger partial charge is 0.255 e. The highest BCUT2D eigenvalue weighted by atomic mass is 32.1. The summed E-state index contributed by atoms with van der Waals surface area (Å²) in [6.07, 6.45) is 3.52. The van der Waals surface area contributed by atoms with Crippen LogP contribution in [0.15, 0.2) is 158 Å². The summed E-state index contributed by atoms with van der Waals surface area (Å²) in [5, 5.41) is 22.7. The molecule has 0 radical (unpaired) electrons. The summed E-state index contributed by atoms with van der Waals surface area (Å²) >= 11 is 2.89. The highest BCUT2D eigenvalue weighted by Crippen LogP contribution is 2.34. The van der Waals surface area contributed by atoms with Crippen molar-refractivity contribution >= 4 is 44.5 Å². The summed E-state index contributed by atoms with van der Waals surface area (Å²) in [7, 11) is 0. The Hall–Kier alpha value is -7.94. The molecular weight excluding hydrogens is 785 g/mol. The van der Waals surface area contributed by atoms with Gasteiger partial charge in [0.1, 0.15) is 22.8 Å². The summed E-state index contributed by atoms with van der Waals surface area (Å²) in [6, 6.07) is 46.9. The van der Waals surface area contributed by atoms with E-state index in [1.165, 1.54) is 22.7 Å². The number of fused-ring (bicyclic) bond motifs is 3. The zero-order chi connectivity index (χ0) is 39.8. The summed E-state index contributed by atoms with van der Waals surface area (Å²) in [4.78, 5) is 38.3. The van der Waals surface area contributed by atoms with E-state index in [1.807, 2.05) is 133 Å². The first-order chi connectivity index (χ1) is 29.7. The molecule has 10 heterocycles. The van der Waals surface area contributed by atoms with Crippen LogP contribution < -0.4 is 0 Å². The van der Waals surface area contributed by atoms with Gasteiger partial charge in [0.05, 0.1) is 56.6 Å². The first kappa shape index (κ1) is 35.2. The van der Waals surface area contributed by atoms with Crippen molar-refractivity contribution in [3.63, 3.8) is 0 Å². The molecule has 10 aromatic heterocycles. The molecule has 1 aromatic carbocycles. The molecule has 0 aliphatic carbocycles. The predicted molar refractivity (Wildman–Crippen MR) is 234 cm³/mol. The van der Waals surface area contributed by atoms with Gasteiger partial charge in [-0.25, -0.2) is 29.9 Å². The van der Waals surface area contributed by atoms with Gasteiger partial charge in [-0.05, 0) is 109 Å². The van der Waals surface area contributed by atoms with Crippen molar-refractivity contribution in [3.05, 3.63) is 158 Å². The molecule has 14 heteroatoms. The Bertz CT molecular complexity index is 3130. The van der Waals surface area contributed by atoms with E-state index in [-0.39, 0.29) is 0 Å². The van der Waals surface area contributed by atoms with Crippen molar-refractivity contribution < 1.29 is 0 Å². The molecule has 0 aliphatic heterocycles. The van der Waals surface area contributed by atoms with Gasteiger partial charge in [-0.1, -0.05) is 59.1 Å². The number of hydrogen-bond donors (Lipinski definition) is 0. The maximum Gasteiger partial charge on any atom is 0.166 e. The van der Waals surface area contributed by atoms with Gasteiger partial charge in [0, 0.05) is 23.2 Å². The molecule has 0 N–H and O–H groups in total. The molecular formula is C46H26N12S2. The second kappa shape index (κ2) is 15.1. The number of pyridine rings is 8. The van der Waals surface area contributed by atoms with E-state index < -0.39 is 0 Å². The van der Waals surface area contributed by atoms with Gasteiger partial charge in [0.15, 0.2) is 20.0 Å². The smallest absolute Gasteiger partial charge is 0.166 e. The SMILES string of the molecule is c1ccc(-c2cccc(-c3cccc(-c4nnc(-c5ccc6c(ccc7nc(-c8nnc(-c9cccc(-c%10cccc(-c%11ccccn%11)n%10)n9)s8)ccc76)n5)s4)n3)n2)nc1. The van der Waals surface area contributed by atoms with E-state index in [0.717, 1.165) is 78.7 Å². The summed E-state index contributed by atoms with van der Waals surface area (Å²) < 4.78 is 0. The van der Waals surface area contributed by atoms with Gasteiger partial charge < -0.3 is 0 Å². The van der Waals surface area contributed by atoms with Crippen LogP contribution in [0.1, 0.15) is 0 Å². The Morgan fingerprint density at radius 1 is 0.250 bits per heavy atom. The van der Waals surface area contributed by atoms with Crippen molar-refractivity contribution in [1.82, 2.24) is 60.3 Å². The van der Waals surface area contributed by atoms with E-state index in [1.54, 1.807) is 12.4 Å². The zero-order valence-electron chi connectivity index (χ0n) is 31.2. The fourth-order valence-corrected chi connectivity index (χ4v) is 8.34. The molecule has 0 bridgehead atoms. The third-order valence-corrected chi connectivity index (χ3v) is 11.6. The molecule has 0 spiro atoms. The normalized spacial score (nSPS) is 11.3. The van der Waals surface area contributed by atoms with Crippen LogP contribution in [0.4, 0.5) is 0 Å². The Morgan fingerprint density at radius 2 is 0.567 bits per heavy atom. The topological polar surface area (TPSA) is 155 Å². The molecule has 11 aromatic rings. The van der Waals surface area contributed by atoms with Gasteiger partial charge in [0.25, 0.3) is 0 Å². The van der Waals surface area contributed by atoms with Crippen molar-refractivity contribution in [1.29, 1.82) is 0 Å². The first-order valence-electron chi connectivity index (χ1n) is 18.8. The number of aromatic nitrogens is 12. The molecule has 0 amide bonds. The highest BCUT2D eigenvalue weighted by Gasteiger charge is 2.17. The molecule has 0 saturated heterocycles. The second-order valence-corrected chi connectivity index (χ2v) is 15.4. The highest BCUT2D eigenvalue weighted by molar-refractivity contribution is 7.18. The third-order valence-electron chi connectivity index (χ3n) is 9.64. The summed E-state index contributed by atoms with van der Waals surface area (Å²) in [6.45, 7) is 0. The fraction of sp³-hybridized carbons (Fsp3) is 0. The van der Waals surface area contributed by atoms with Crippen LogP contribution in [0.25, 0.3) is 110 Å². The second-order valence-electron chi connectivity index (χ2n) is 13.5. The van der Waals surface area contributed by atoms with Crippen LogP contribution in [-0.2, 0) is 0 Å². The van der Waals surface area contributed by atoms with E-state index in [2.05, 4.69) is 42.5 Å². The molecule has 0 aliphatic rings. The number of nitrogens with zero attached hydrogens (tertiary/aromatic N) is 12. The molecule has 60 heavy (non-hydrogen) atoms. The van der Waals surface area contributed by atoms with E-state index in [9.17, 15) is 0 Å². The van der Waals surface area contributed by atoms with Gasteiger partial charge in [-0.15, -0.1) is 20.4 Å². The van der Waals surface area contributed by atoms with Crippen LogP contribution in [-0.4, -0.2) is 60.3 Å². The maximum atomic E-state index is 4.98. The van der Waals surface area contributed by atoms with E-state index in [0.29, 0.717) is 31.4 Å². The van der Waals surface area contributed by atoms with Crippen LogP contribution in [0.5, 0.6) is 0 Å². The van der Waals surface area contributed by atoms with Gasteiger partial charge in [-0.2, -0.15) is 0 Å². The van der Waals surface area contributed by atoms with E-state index in [4.69, 9.17) is 29.9 Å². The van der Waals surface area contributed by atoms with Crippen LogP contribution in [0, 0.1) is 0 Å². The molecule has 11 rings (SSSR count). The number of benzene rings is 1. The number of rotatable bonds is 8. The first-order valence-corrected chi connectivity index (χ1v) is 20.4. The maximum absolute atomic E-state index is 4.98. The van der Waals surface area contributed by atoms with Crippen molar-refractivity contribution in [2.24, 2.45) is 0 Å². The monoisotopic (exact) mass is 810 g/mol. The fourth-order valence-electron chi connectivity index (χ4n) is 6.78. The minimum atomic E-state index is 0.691.